The molecule has 15 heteroatoms. The summed E-state index contributed by atoms with van der Waals surface area (Å²) >= 11 is 0. The molecule has 0 aliphatic heterocycles. The van der Waals surface area contributed by atoms with E-state index >= 15 is 0 Å². The summed E-state index contributed by atoms with van der Waals surface area (Å²) in [6.07, 6.45) is 2.25. The van der Waals surface area contributed by atoms with Gasteiger partial charge in [0, 0.05) is 18.5 Å². The van der Waals surface area contributed by atoms with Crippen LogP contribution in [0.2, 0.25) is 0 Å². The quantitative estimate of drug-likeness (QED) is 0.108. The van der Waals surface area contributed by atoms with Crippen molar-refractivity contribution in [2.75, 3.05) is 13.2 Å². The number of tetrazole rings is 1. The molecule has 0 saturated heterocycles. The van der Waals surface area contributed by atoms with Crippen LogP contribution in [0.1, 0.15) is 74.0 Å². The molecule has 15 nitrogen and oxygen atoms in total. The largest absolute Gasteiger partial charge is 0.477 e. The van der Waals surface area contributed by atoms with Crippen LogP contribution in [0.5, 0.6) is 0 Å². The number of carboxylic acid groups (broad SMARTS) is 1. The van der Waals surface area contributed by atoms with Crippen LogP contribution < -0.4 is 0 Å². The van der Waals surface area contributed by atoms with E-state index < -0.39 is 17.7 Å². The lowest BCUT2D eigenvalue weighted by molar-refractivity contribution is -0.492. The maximum atomic E-state index is 12.4. The smallest absolute Gasteiger partial charge is 0.453 e. The lowest BCUT2D eigenvalue weighted by Gasteiger charge is -2.16. The minimum absolute atomic E-state index is 0.0280. The highest BCUT2D eigenvalue weighted by Gasteiger charge is 2.31. The Hall–Kier alpha value is -4.54. The SMILES string of the molecule is CCCc1nc(C(C)(C)O)c(C(=O)O)n1Cc1ccc(-c2ccccc2-c2nnn(C(=O)OCCCCCON(O)O)n2)cc1. The first-order valence-corrected chi connectivity index (χ1v) is 14.5. The number of aromatic carboxylic acids is 1. The van der Waals surface area contributed by atoms with Crippen molar-refractivity contribution in [1.29, 1.82) is 0 Å². The molecule has 2 aromatic heterocycles. The van der Waals surface area contributed by atoms with Gasteiger partial charge in [-0.2, -0.15) is 0 Å². The summed E-state index contributed by atoms with van der Waals surface area (Å²) in [5, 5.41) is 49.4. The van der Waals surface area contributed by atoms with Crippen LogP contribution in [0.3, 0.4) is 0 Å². The number of carboxylic acids is 1. The van der Waals surface area contributed by atoms with E-state index in [2.05, 4.69) is 25.2 Å². The van der Waals surface area contributed by atoms with Crippen molar-refractivity contribution < 1.29 is 39.8 Å². The van der Waals surface area contributed by atoms with Gasteiger partial charge in [-0.3, -0.25) is 15.3 Å². The van der Waals surface area contributed by atoms with E-state index in [1.54, 1.807) is 4.57 Å². The number of ether oxygens (including phenoxy) is 1. The molecule has 4 rings (SSSR count). The lowest BCUT2D eigenvalue weighted by atomic mass is 9.98. The molecule has 0 amide bonds. The number of benzene rings is 2. The van der Waals surface area contributed by atoms with Gasteiger partial charge in [-0.05, 0) is 61.4 Å². The molecule has 0 unspecified atom stereocenters. The van der Waals surface area contributed by atoms with E-state index in [0.717, 1.165) is 27.9 Å². The van der Waals surface area contributed by atoms with Gasteiger partial charge in [0.1, 0.15) is 17.1 Å². The number of aryl methyl sites for hydroxylation is 1. The number of imidazole rings is 1. The number of carbonyl (C=O) groups excluding carboxylic acids is 1. The summed E-state index contributed by atoms with van der Waals surface area (Å²) in [7, 11) is 0. The Balaban J connectivity index is 1.48. The molecule has 4 N–H and O–H groups in total. The fourth-order valence-electron chi connectivity index (χ4n) is 4.77. The van der Waals surface area contributed by atoms with Gasteiger partial charge in [0.05, 0.1) is 18.6 Å². The highest BCUT2D eigenvalue weighted by molar-refractivity contribution is 5.87. The molecule has 2 aromatic carbocycles. The van der Waals surface area contributed by atoms with Gasteiger partial charge < -0.3 is 19.5 Å². The van der Waals surface area contributed by atoms with Crippen molar-refractivity contribution in [3.05, 3.63) is 71.3 Å². The third-order valence-corrected chi connectivity index (χ3v) is 6.87. The summed E-state index contributed by atoms with van der Waals surface area (Å²) in [6, 6.07) is 15.0. The highest BCUT2D eigenvalue weighted by Crippen LogP contribution is 2.31. The molecule has 0 atom stereocenters. The third-order valence-electron chi connectivity index (χ3n) is 6.87. The van der Waals surface area contributed by atoms with Gasteiger partial charge >= 0.3 is 12.1 Å². The first-order chi connectivity index (χ1) is 21.5. The molecular formula is C30H37N7O8. The minimum atomic E-state index is -1.41. The Morgan fingerprint density at radius 2 is 1.67 bits per heavy atom. The Morgan fingerprint density at radius 3 is 2.31 bits per heavy atom. The van der Waals surface area contributed by atoms with Crippen molar-refractivity contribution in [3.63, 3.8) is 0 Å². The summed E-state index contributed by atoms with van der Waals surface area (Å²) < 4.78 is 6.85. The van der Waals surface area contributed by atoms with E-state index in [-0.39, 0.29) is 42.4 Å². The normalized spacial score (nSPS) is 11.7. The van der Waals surface area contributed by atoms with Gasteiger partial charge in [-0.15, -0.1) is 10.2 Å². The number of unbranched alkanes of at least 4 members (excludes halogenated alkanes) is 2. The molecule has 0 aliphatic carbocycles. The molecule has 0 aliphatic rings. The molecule has 0 radical (unpaired) electrons. The predicted molar refractivity (Wildman–Crippen MR) is 158 cm³/mol. The number of hydrogen-bond donors (Lipinski definition) is 4. The molecule has 0 bridgehead atoms. The van der Waals surface area contributed by atoms with Gasteiger partial charge in [0.15, 0.2) is 5.69 Å². The zero-order chi connectivity index (χ0) is 32.6. The van der Waals surface area contributed by atoms with Crippen molar-refractivity contribution in [2.24, 2.45) is 0 Å². The number of aromatic nitrogens is 6. The average molecular weight is 624 g/mol. The van der Waals surface area contributed by atoms with E-state index in [0.29, 0.717) is 37.1 Å². The first kappa shape index (κ1) is 33.4. The fraction of sp³-hybridized carbons (Fsp3) is 0.400. The van der Waals surface area contributed by atoms with Crippen molar-refractivity contribution >= 4 is 12.1 Å². The summed E-state index contributed by atoms with van der Waals surface area (Å²) in [6.45, 7) is 5.52. The summed E-state index contributed by atoms with van der Waals surface area (Å²) in [5.41, 5.74) is 1.83. The van der Waals surface area contributed by atoms with E-state index in [9.17, 15) is 19.8 Å². The molecule has 240 valence electrons. The van der Waals surface area contributed by atoms with E-state index in [4.69, 9.17) is 15.2 Å². The molecule has 2 heterocycles. The number of aliphatic hydroxyl groups is 1. The second kappa shape index (κ2) is 15.0. The van der Waals surface area contributed by atoms with E-state index in [1.165, 1.54) is 13.8 Å². The lowest BCUT2D eigenvalue weighted by Crippen LogP contribution is -2.22. The van der Waals surface area contributed by atoms with Crippen LogP contribution in [-0.4, -0.2) is 81.1 Å². The first-order valence-electron chi connectivity index (χ1n) is 14.5. The van der Waals surface area contributed by atoms with E-state index in [1.807, 2.05) is 55.5 Å². The van der Waals surface area contributed by atoms with Crippen LogP contribution in [-0.2, 0) is 28.1 Å². The van der Waals surface area contributed by atoms with Gasteiger partial charge in [-0.25, -0.2) is 14.6 Å². The van der Waals surface area contributed by atoms with Gasteiger partial charge in [0.2, 0.25) is 5.82 Å². The Labute approximate surface area is 259 Å². The minimum Gasteiger partial charge on any atom is -0.477 e. The third kappa shape index (κ3) is 8.55. The van der Waals surface area contributed by atoms with Crippen LogP contribution >= 0.6 is 0 Å². The molecule has 45 heavy (non-hydrogen) atoms. The average Bonchev–Trinajstić information content (AvgIpc) is 3.63. The standard InChI is InChI=1S/C30H37N7O8/c1-4-10-24-31-26(30(2,3)41)25(28(38)39)35(24)19-20-13-15-21(16-14-20)22-11-6-7-12-23(22)27-32-34-36(33-27)29(40)44-17-8-5-9-18-45-37(42)43/h6-7,11-16,41-43H,4-5,8-10,17-19H2,1-3H3,(H,38,39). The monoisotopic (exact) mass is 623 g/mol. The summed E-state index contributed by atoms with van der Waals surface area (Å²) in [5.74, 6) is -0.323. The van der Waals surface area contributed by atoms with Crippen molar-refractivity contribution in [2.45, 2.75) is 65.0 Å². The fourth-order valence-corrected chi connectivity index (χ4v) is 4.77. The van der Waals surface area contributed by atoms with Crippen LogP contribution in [0.4, 0.5) is 4.79 Å². The molecular weight excluding hydrogens is 586 g/mol. The van der Waals surface area contributed by atoms with Crippen LogP contribution in [0, 0.1) is 0 Å². The second-order valence-electron chi connectivity index (χ2n) is 10.8. The Morgan fingerprint density at radius 1 is 0.978 bits per heavy atom. The van der Waals surface area contributed by atoms with Crippen molar-refractivity contribution in [3.8, 4) is 22.5 Å². The molecule has 4 aromatic rings. The zero-order valence-corrected chi connectivity index (χ0v) is 25.3. The molecule has 0 fully saturated rings. The second-order valence-corrected chi connectivity index (χ2v) is 10.8. The maximum absolute atomic E-state index is 12.4. The number of nitrogens with zero attached hydrogens (tertiary/aromatic N) is 7. The molecule has 0 saturated carbocycles. The Kier molecular flexibility index (Phi) is 11.1. The highest BCUT2D eigenvalue weighted by atomic mass is 17.1. The predicted octanol–water partition coefficient (Wildman–Crippen LogP) is 4.30. The van der Waals surface area contributed by atoms with Crippen molar-refractivity contribution in [1.82, 2.24) is 35.1 Å². The maximum Gasteiger partial charge on any atom is 0.453 e. The van der Waals surface area contributed by atoms with Gasteiger partial charge in [-0.1, -0.05) is 60.3 Å². The number of carbonyl (C=O) groups is 2. The van der Waals surface area contributed by atoms with Crippen LogP contribution in [0.15, 0.2) is 48.5 Å². The topological polar surface area (TPSA) is 198 Å². The van der Waals surface area contributed by atoms with Crippen LogP contribution in [0.25, 0.3) is 22.5 Å². The zero-order valence-electron chi connectivity index (χ0n) is 25.3. The summed E-state index contributed by atoms with van der Waals surface area (Å²) in [4.78, 5) is 34.4. The number of hydrogen-bond acceptors (Lipinski definition) is 12. The Bertz CT molecular complexity index is 1590. The number of rotatable bonds is 15. The molecule has 0 spiro atoms. The van der Waals surface area contributed by atoms with Gasteiger partial charge in [0.25, 0.3) is 0 Å².